The van der Waals surface area contributed by atoms with E-state index in [1.54, 1.807) is 11.0 Å². The van der Waals surface area contributed by atoms with Crippen LogP contribution in [0.15, 0.2) is 30.9 Å². The van der Waals surface area contributed by atoms with E-state index in [1.165, 1.54) is 12.7 Å². The second-order valence-corrected chi connectivity index (χ2v) is 8.44. The van der Waals surface area contributed by atoms with Gasteiger partial charge in [0.05, 0.1) is 5.69 Å². The molecule has 7 heteroatoms. The van der Waals surface area contributed by atoms with Crippen LogP contribution < -0.4 is 0 Å². The van der Waals surface area contributed by atoms with Gasteiger partial charge in [-0.3, -0.25) is 9.59 Å². The third-order valence-electron chi connectivity index (χ3n) is 6.21. The summed E-state index contributed by atoms with van der Waals surface area (Å²) < 4.78 is 1.70. The Hall–Kier alpha value is -2.70. The van der Waals surface area contributed by atoms with Crippen molar-refractivity contribution in [3.05, 3.63) is 42.0 Å². The fraction of sp³-hybridized carbons (Fsp3) is 0.545. The summed E-state index contributed by atoms with van der Waals surface area (Å²) in [6, 6.07) is 5.66. The van der Waals surface area contributed by atoms with E-state index in [1.807, 2.05) is 34.9 Å². The maximum absolute atomic E-state index is 13.0. The van der Waals surface area contributed by atoms with E-state index >= 15 is 0 Å². The Bertz CT molecular complexity index is 871. The monoisotopic (exact) mass is 395 g/mol. The van der Waals surface area contributed by atoms with Crippen LogP contribution in [0, 0.1) is 18.8 Å². The Labute approximate surface area is 171 Å². The first kappa shape index (κ1) is 19.6. The highest BCUT2D eigenvalue weighted by atomic mass is 16.2. The summed E-state index contributed by atoms with van der Waals surface area (Å²) in [7, 11) is 0. The highest BCUT2D eigenvalue weighted by Gasteiger charge is 2.32. The van der Waals surface area contributed by atoms with Crippen LogP contribution in [0.25, 0.3) is 5.69 Å². The first-order valence-electron chi connectivity index (χ1n) is 10.6. The number of hydrogen-bond acceptors (Lipinski definition) is 4. The number of piperidine rings is 2. The van der Waals surface area contributed by atoms with Crippen molar-refractivity contribution in [1.29, 1.82) is 0 Å². The van der Waals surface area contributed by atoms with E-state index in [0.717, 1.165) is 43.6 Å². The van der Waals surface area contributed by atoms with Crippen LogP contribution in [0.4, 0.5) is 0 Å². The van der Waals surface area contributed by atoms with Gasteiger partial charge < -0.3 is 9.80 Å². The van der Waals surface area contributed by atoms with E-state index in [9.17, 15) is 9.59 Å². The van der Waals surface area contributed by atoms with Crippen molar-refractivity contribution in [2.24, 2.45) is 11.8 Å². The predicted octanol–water partition coefficient (Wildman–Crippen LogP) is 2.69. The average molecular weight is 396 g/mol. The number of hydrogen-bond donors (Lipinski definition) is 0. The van der Waals surface area contributed by atoms with E-state index in [2.05, 4.69) is 17.0 Å². The summed E-state index contributed by atoms with van der Waals surface area (Å²) in [5, 5.41) is 4.15. The van der Waals surface area contributed by atoms with Gasteiger partial charge in [0.25, 0.3) is 5.91 Å². The minimum atomic E-state index is 0.0377. The quantitative estimate of drug-likeness (QED) is 0.801. The molecule has 0 aliphatic carbocycles. The lowest BCUT2D eigenvalue weighted by molar-refractivity contribution is -0.138. The smallest absolute Gasteiger partial charge is 0.253 e. The maximum Gasteiger partial charge on any atom is 0.253 e. The zero-order valence-electron chi connectivity index (χ0n) is 17.3. The summed E-state index contributed by atoms with van der Waals surface area (Å²) >= 11 is 0. The molecule has 0 N–H and O–H groups in total. The Morgan fingerprint density at radius 2 is 1.86 bits per heavy atom. The zero-order valence-corrected chi connectivity index (χ0v) is 17.3. The molecule has 2 aliphatic heterocycles. The van der Waals surface area contributed by atoms with E-state index < -0.39 is 0 Å². The summed E-state index contributed by atoms with van der Waals surface area (Å²) in [6.07, 6.45) is 6.97. The Morgan fingerprint density at radius 3 is 2.52 bits per heavy atom. The molecule has 1 aromatic heterocycles. The van der Waals surface area contributed by atoms with E-state index in [0.29, 0.717) is 24.6 Å². The van der Waals surface area contributed by atoms with Gasteiger partial charge in [0.15, 0.2) is 0 Å². The van der Waals surface area contributed by atoms with Crippen LogP contribution in [0.5, 0.6) is 0 Å². The fourth-order valence-corrected chi connectivity index (χ4v) is 4.54. The first-order valence-corrected chi connectivity index (χ1v) is 10.6. The minimum Gasteiger partial charge on any atom is -0.342 e. The molecule has 1 aromatic carbocycles. The summed E-state index contributed by atoms with van der Waals surface area (Å²) in [5.41, 5.74) is 2.57. The molecule has 0 bridgehead atoms. The van der Waals surface area contributed by atoms with Gasteiger partial charge >= 0.3 is 0 Å². The number of carbonyl (C=O) groups excluding carboxylic acids is 2. The number of carbonyl (C=O) groups is 2. The molecule has 2 aromatic rings. The van der Waals surface area contributed by atoms with Crippen molar-refractivity contribution in [1.82, 2.24) is 24.6 Å². The second-order valence-electron chi connectivity index (χ2n) is 8.44. The lowest BCUT2D eigenvalue weighted by atomic mass is 9.92. The third kappa shape index (κ3) is 4.18. The Morgan fingerprint density at radius 1 is 1.07 bits per heavy atom. The van der Waals surface area contributed by atoms with Gasteiger partial charge in [-0.15, -0.1) is 0 Å². The second kappa shape index (κ2) is 8.35. The lowest BCUT2D eigenvalue weighted by Crippen LogP contribution is -2.47. The molecule has 2 aliphatic rings. The molecule has 2 saturated heterocycles. The highest BCUT2D eigenvalue weighted by molar-refractivity contribution is 5.95. The van der Waals surface area contributed by atoms with Crippen molar-refractivity contribution in [3.8, 4) is 5.69 Å². The number of aryl methyl sites for hydroxylation is 1. The molecule has 2 amide bonds. The molecular formula is C22H29N5O2. The third-order valence-corrected chi connectivity index (χ3v) is 6.21. The summed E-state index contributed by atoms with van der Waals surface area (Å²) in [5.74, 6) is 0.978. The van der Waals surface area contributed by atoms with Gasteiger partial charge in [0.1, 0.15) is 12.7 Å². The largest absolute Gasteiger partial charge is 0.342 e. The average Bonchev–Trinajstić information content (AvgIpc) is 3.27. The van der Waals surface area contributed by atoms with Crippen molar-refractivity contribution in [2.45, 2.75) is 39.5 Å². The highest BCUT2D eigenvalue weighted by Crippen LogP contribution is 2.25. The number of rotatable bonds is 3. The van der Waals surface area contributed by atoms with Gasteiger partial charge in [-0.05, 0) is 62.3 Å². The van der Waals surface area contributed by atoms with Crippen LogP contribution in [0.1, 0.15) is 48.5 Å². The molecule has 29 heavy (non-hydrogen) atoms. The molecular weight excluding hydrogens is 366 g/mol. The fourth-order valence-electron chi connectivity index (χ4n) is 4.54. The molecule has 7 nitrogen and oxygen atoms in total. The standard InChI is InChI=1S/C22H29N5O2/c1-16-4-3-9-26(13-16)21(28)18-7-10-25(11-8-18)22(29)19-5-6-20(17(2)12-19)27-15-23-14-24-27/h5-6,12,14-16,18H,3-4,7-11,13H2,1-2H3. The van der Waals surface area contributed by atoms with Crippen LogP contribution in [-0.4, -0.2) is 62.6 Å². The zero-order chi connectivity index (χ0) is 20.4. The molecule has 2 fully saturated rings. The lowest BCUT2D eigenvalue weighted by Gasteiger charge is -2.37. The van der Waals surface area contributed by atoms with Crippen LogP contribution in [0.2, 0.25) is 0 Å². The molecule has 0 spiro atoms. The number of nitrogens with zero attached hydrogens (tertiary/aromatic N) is 5. The van der Waals surface area contributed by atoms with Crippen molar-refractivity contribution < 1.29 is 9.59 Å². The van der Waals surface area contributed by atoms with E-state index in [-0.39, 0.29) is 17.7 Å². The number of benzene rings is 1. The van der Waals surface area contributed by atoms with Crippen molar-refractivity contribution in [3.63, 3.8) is 0 Å². The van der Waals surface area contributed by atoms with Crippen molar-refractivity contribution in [2.75, 3.05) is 26.2 Å². The molecule has 1 atom stereocenters. The Kier molecular flexibility index (Phi) is 5.65. The van der Waals surface area contributed by atoms with Gasteiger partial charge in [-0.2, -0.15) is 5.10 Å². The molecule has 154 valence electrons. The molecule has 0 saturated carbocycles. The minimum absolute atomic E-state index is 0.0377. The number of aromatic nitrogens is 3. The van der Waals surface area contributed by atoms with Gasteiger partial charge in [-0.25, -0.2) is 9.67 Å². The topological polar surface area (TPSA) is 71.3 Å². The molecule has 4 rings (SSSR count). The molecule has 1 unspecified atom stereocenters. The van der Waals surface area contributed by atoms with Gasteiger partial charge in [0, 0.05) is 37.7 Å². The van der Waals surface area contributed by atoms with E-state index in [4.69, 9.17) is 0 Å². The van der Waals surface area contributed by atoms with Crippen LogP contribution >= 0.6 is 0 Å². The normalized spacial score (nSPS) is 20.7. The SMILES string of the molecule is Cc1cc(C(=O)N2CCC(C(=O)N3CCCC(C)C3)CC2)ccc1-n1cncn1. The van der Waals surface area contributed by atoms with Gasteiger partial charge in [0.2, 0.25) is 5.91 Å². The maximum atomic E-state index is 13.0. The summed E-state index contributed by atoms with van der Waals surface area (Å²) in [4.78, 5) is 33.7. The first-order chi connectivity index (χ1) is 14.0. The van der Waals surface area contributed by atoms with Crippen LogP contribution in [0.3, 0.4) is 0 Å². The van der Waals surface area contributed by atoms with Gasteiger partial charge in [-0.1, -0.05) is 6.92 Å². The Balaban J connectivity index is 1.36. The van der Waals surface area contributed by atoms with Crippen LogP contribution in [-0.2, 0) is 4.79 Å². The number of amides is 2. The molecule has 3 heterocycles. The number of likely N-dealkylation sites (tertiary alicyclic amines) is 2. The summed E-state index contributed by atoms with van der Waals surface area (Å²) in [6.45, 7) is 7.25. The molecule has 0 radical (unpaired) electrons. The van der Waals surface area contributed by atoms with Crippen molar-refractivity contribution >= 4 is 11.8 Å². The predicted molar refractivity (Wildman–Crippen MR) is 110 cm³/mol.